The van der Waals surface area contributed by atoms with E-state index in [-0.39, 0.29) is 28.3 Å². The highest BCUT2D eigenvalue weighted by Gasteiger charge is 2.70. The maximum Gasteiger partial charge on any atom is 0.355 e. The van der Waals surface area contributed by atoms with E-state index in [2.05, 4.69) is 0 Å². The van der Waals surface area contributed by atoms with Gasteiger partial charge in [0, 0.05) is 42.1 Å². The summed E-state index contributed by atoms with van der Waals surface area (Å²) in [5.41, 5.74) is 2.17. The molecule has 2 atom stereocenters. The molecule has 2 aliphatic heterocycles. The lowest BCUT2D eigenvalue weighted by atomic mass is 9.72. The number of benzene rings is 4. The van der Waals surface area contributed by atoms with Gasteiger partial charge in [0.25, 0.3) is 11.4 Å². The Balaban J connectivity index is 1.78. The number of hydrogen-bond acceptors (Lipinski definition) is 10. The molecule has 0 saturated carbocycles. The predicted octanol–water partition coefficient (Wildman–Crippen LogP) is 5.77. The van der Waals surface area contributed by atoms with E-state index >= 15 is 0 Å². The minimum atomic E-state index is -1.84. The number of nitro benzene ring substituents is 2. The standard InChI is InChI=1S/C32H24N6O8/c1-45-29(39)27-28(30(40)46-2)35(23-13-17-25(18-14-23)37(41)42)32(22-11-7-4-8-12-22)31(27,21-9-5-3-6-10-21)33-36(34-32)24-15-19-26(20-16-24)38(43)44/h3-20H,1-2H3/t31-,32+/m0/s1. The van der Waals surface area contributed by atoms with E-state index in [1.807, 2.05) is 0 Å². The normalized spacial score (nSPS) is 20.0. The summed E-state index contributed by atoms with van der Waals surface area (Å²) in [5, 5.41) is 28.0. The number of azo groups is 1. The molecule has 0 N–H and O–H groups in total. The molecule has 4 aromatic carbocycles. The third-order valence-electron chi connectivity index (χ3n) is 7.88. The van der Waals surface area contributed by atoms with Crippen LogP contribution in [0.15, 0.2) is 126 Å². The van der Waals surface area contributed by atoms with Crippen molar-refractivity contribution in [2.75, 3.05) is 19.1 Å². The minimum Gasteiger partial charge on any atom is -0.466 e. The molecule has 0 fully saturated rings. The Labute approximate surface area is 261 Å². The molecule has 4 aromatic rings. The zero-order valence-electron chi connectivity index (χ0n) is 24.3. The average molecular weight is 621 g/mol. The highest BCUT2D eigenvalue weighted by atomic mass is 16.6. The number of hydrogen-bond donors (Lipinski definition) is 0. The molecule has 230 valence electrons. The molecule has 0 unspecified atom stereocenters. The van der Waals surface area contributed by atoms with Crippen molar-refractivity contribution >= 4 is 34.7 Å². The van der Waals surface area contributed by atoms with Crippen molar-refractivity contribution in [1.82, 2.24) is 0 Å². The topological polar surface area (TPSA) is 172 Å². The first-order valence-electron chi connectivity index (χ1n) is 13.8. The number of non-ortho nitro benzene ring substituents is 2. The second-order valence-electron chi connectivity index (χ2n) is 10.2. The fraction of sp³-hybridized carbons (Fsp3) is 0.125. The van der Waals surface area contributed by atoms with Crippen LogP contribution >= 0.6 is 0 Å². The van der Waals surface area contributed by atoms with Crippen molar-refractivity contribution in [2.24, 2.45) is 5.11 Å². The van der Waals surface area contributed by atoms with Crippen LogP contribution in [0.1, 0.15) is 11.1 Å². The molecule has 6 rings (SSSR count). The maximum absolute atomic E-state index is 14.0. The van der Waals surface area contributed by atoms with Gasteiger partial charge >= 0.3 is 11.9 Å². The Morgan fingerprint density at radius 3 is 1.74 bits per heavy atom. The van der Waals surface area contributed by atoms with Crippen molar-refractivity contribution in [3.05, 3.63) is 157 Å². The van der Waals surface area contributed by atoms with Crippen LogP contribution in [0.5, 0.6) is 0 Å². The fourth-order valence-corrected chi connectivity index (χ4v) is 5.97. The van der Waals surface area contributed by atoms with Gasteiger partial charge in [0.05, 0.1) is 29.6 Å². The summed E-state index contributed by atoms with van der Waals surface area (Å²) in [4.78, 5) is 52.5. The number of nitrogens with zero attached hydrogens (tertiary/aromatic N) is 6. The van der Waals surface area contributed by atoms with Crippen molar-refractivity contribution in [1.29, 1.82) is 0 Å². The molecule has 0 spiro atoms. The molecule has 0 radical (unpaired) electrons. The van der Waals surface area contributed by atoms with E-state index in [0.717, 1.165) is 7.11 Å². The quantitative estimate of drug-likeness (QED) is 0.103. The van der Waals surface area contributed by atoms with Gasteiger partial charge in [0.15, 0.2) is 5.66 Å². The summed E-state index contributed by atoms with van der Waals surface area (Å²) in [6.07, 6.45) is 0. The first-order chi connectivity index (χ1) is 22.2. The Morgan fingerprint density at radius 1 is 0.739 bits per heavy atom. The third kappa shape index (κ3) is 4.26. The van der Waals surface area contributed by atoms with Crippen molar-refractivity contribution in [2.45, 2.75) is 11.2 Å². The average Bonchev–Trinajstić information content (AvgIpc) is 3.57. The number of rotatable bonds is 8. The zero-order valence-corrected chi connectivity index (χ0v) is 24.3. The van der Waals surface area contributed by atoms with Crippen LogP contribution in [-0.2, 0) is 30.3 Å². The molecule has 2 heterocycles. The number of methoxy groups -OCH3 is 2. The van der Waals surface area contributed by atoms with Crippen molar-refractivity contribution < 1.29 is 33.7 Å². The monoisotopic (exact) mass is 620 g/mol. The van der Waals surface area contributed by atoms with E-state index in [1.165, 1.54) is 65.3 Å². The van der Waals surface area contributed by atoms with Gasteiger partial charge in [0.1, 0.15) is 11.2 Å². The van der Waals surface area contributed by atoms with E-state index in [4.69, 9.17) is 20.0 Å². The van der Waals surface area contributed by atoms with Gasteiger partial charge in [-0.3, -0.25) is 20.2 Å². The summed E-state index contributed by atoms with van der Waals surface area (Å²) in [7, 11) is 2.33. The van der Waals surface area contributed by atoms with Gasteiger partial charge in [-0.05, 0) is 23.3 Å². The van der Waals surface area contributed by atoms with Gasteiger partial charge in [0.2, 0.25) is 5.69 Å². The molecule has 0 amide bonds. The minimum absolute atomic E-state index is 0.158. The van der Waals surface area contributed by atoms with Crippen molar-refractivity contribution in [3.63, 3.8) is 0 Å². The lowest BCUT2D eigenvalue weighted by molar-refractivity contribution is -0.457. The molecule has 14 nitrogen and oxygen atoms in total. The van der Waals surface area contributed by atoms with Gasteiger partial charge < -0.3 is 14.4 Å². The van der Waals surface area contributed by atoms with Crippen LogP contribution in [-0.4, -0.2) is 40.8 Å². The van der Waals surface area contributed by atoms with E-state index in [9.17, 15) is 29.8 Å². The molecule has 0 aliphatic carbocycles. The molecule has 0 aromatic heterocycles. The second kappa shape index (κ2) is 11.2. The summed E-state index contributed by atoms with van der Waals surface area (Å²) in [5.74, 6) is -1.82. The summed E-state index contributed by atoms with van der Waals surface area (Å²) in [6, 6.07) is 28.4. The summed E-state index contributed by atoms with van der Waals surface area (Å²) in [6.45, 7) is 0. The Morgan fingerprint density at radius 2 is 1.24 bits per heavy atom. The lowest BCUT2D eigenvalue weighted by Crippen LogP contribution is -2.53. The Bertz CT molecular complexity index is 1930. The van der Waals surface area contributed by atoms with Crippen LogP contribution in [0, 0.1) is 20.2 Å². The maximum atomic E-state index is 14.0. The van der Waals surface area contributed by atoms with Gasteiger partial charge in [-0.2, -0.15) is 10.5 Å². The summed E-state index contributed by atoms with van der Waals surface area (Å²) < 4.78 is 10.5. The number of carbonyl (C=O) groups is 2. The first kappa shape index (κ1) is 29.6. The number of anilines is 1. The number of esters is 2. The van der Waals surface area contributed by atoms with Gasteiger partial charge in [-0.25, -0.2) is 9.59 Å². The molecule has 2 aliphatic rings. The van der Waals surface area contributed by atoms with Crippen molar-refractivity contribution in [3.8, 4) is 0 Å². The molecule has 0 saturated heterocycles. The smallest absolute Gasteiger partial charge is 0.355 e. The molecular formula is C32H24N6O8. The number of fused-ring (bicyclic) bond motifs is 1. The van der Waals surface area contributed by atoms with E-state index < -0.39 is 33.0 Å². The number of carbonyl (C=O) groups excluding carboxylic acids is 2. The van der Waals surface area contributed by atoms with Crippen LogP contribution in [0.4, 0.5) is 22.7 Å². The van der Waals surface area contributed by atoms with Crippen LogP contribution in [0.2, 0.25) is 0 Å². The van der Waals surface area contributed by atoms with Crippen LogP contribution < -0.4 is 4.90 Å². The van der Waals surface area contributed by atoms with E-state index in [1.54, 1.807) is 60.7 Å². The van der Waals surface area contributed by atoms with Gasteiger partial charge in [-0.1, -0.05) is 60.7 Å². The highest BCUT2D eigenvalue weighted by Crippen LogP contribution is 2.66. The molecule has 46 heavy (non-hydrogen) atoms. The fourth-order valence-electron chi connectivity index (χ4n) is 5.97. The number of ether oxygens (including phenoxy) is 2. The highest BCUT2D eigenvalue weighted by molar-refractivity contribution is 6.08. The molecule has 0 bridgehead atoms. The van der Waals surface area contributed by atoms with Crippen LogP contribution in [0.3, 0.4) is 0 Å². The third-order valence-corrected chi connectivity index (χ3v) is 7.88. The largest absolute Gasteiger partial charge is 0.466 e. The zero-order chi connectivity index (χ0) is 32.6. The summed E-state index contributed by atoms with van der Waals surface area (Å²) >= 11 is 0. The Hall–Kier alpha value is -6.44. The van der Waals surface area contributed by atoms with Crippen LogP contribution in [0.25, 0.3) is 5.43 Å². The molecule has 14 heteroatoms. The van der Waals surface area contributed by atoms with Gasteiger partial charge in [-0.15, -0.1) is 4.81 Å². The lowest BCUT2D eigenvalue weighted by Gasteiger charge is -2.47. The SMILES string of the molecule is COC(=O)C1=C(C(=O)OC)[C@]2(c3ccccc3)N=[N+](c3ccc([N+](=O)[O-])cc3)[N-][C@]2(c2ccccc2)N1c1ccc([N+](=O)[O-])cc1. The Kier molecular flexibility index (Phi) is 7.24. The molecular weight excluding hydrogens is 596 g/mol. The predicted molar refractivity (Wildman–Crippen MR) is 162 cm³/mol. The first-order valence-corrected chi connectivity index (χ1v) is 13.8. The number of nitro groups is 2. The van der Waals surface area contributed by atoms with E-state index in [0.29, 0.717) is 16.8 Å². The second-order valence-corrected chi connectivity index (χ2v) is 10.2.